The van der Waals surface area contributed by atoms with Crippen LogP contribution < -0.4 is 10.1 Å². The molecular weight excluding hydrogens is 354 g/mol. The van der Waals surface area contributed by atoms with Gasteiger partial charge in [0.05, 0.1) is 5.69 Å². The molecule has 0 aliphatic rings. The topological polar surface area (TPSA) is 73.2 Å². The number of nitrogens with one attached hydrogen (secondary N) is 1. The van der Waals surface area contributed by atoms with E-state index in [1.165, 1.54) is 4.68 Å². The second kappa shape index (κ2) is 9.38. The minimum Gasteiger partial charge on any atom is -0.483 e. The Labute approximate surface area is 158 Å². The molecule has 0 aliphatic heterocycles. The van der Waals surface area contributed by atoms with Crippen molar-refractivity contribution in [3.8, 4) is 5.75 Å². The molecule has 7 heteroatoms. The monoisotopic (exact) mass is 377 g/mol. The number of amides is 1. The van der Waals surface area contributed by atoms with Crippen LogP contribution >= 0.6 is 11.6 Å². The zero-order valence-corrected chi connectivity index (χ0v) is 16.1. The first-order valence-corrected chi connectivity index (χ1v) is 9.13. The Morgan fingerprint density at radius 1 is 1.27 bits per heavy atom. The summed E-state index contributed by atoms with van der Waals surface area (Å²) < 4.78 is 6.82. The van der Waals surface area contributed by atoms with Crippen molar-refractivity contribution in [2.75, 3.05) is 11.9 Å². The number of hydrogen-bond donors (Lipinski definition) is 1. The molecule has 1 amide bonds. The van der Waals surface area contributed by atoms with Gasteiger partial charge in [0.25, 0.3) is 5.91 Å². The second-order valence-electron chi connectivity index (χ2n) is 6.03. The number of ether oxygens (including phenoxy) is 1. The van der Waals surface area contributed by atoms with E-state index >= 15 is 0 Å². The highest BCUT2D eigenvalue weighted by Gasteiger charge is 2.17. The van der Waals surface area contributed by atoms with E-state index in [2.05, 4.69) is 17.3 Å². The number of aryl methyl sites for hydroxylation is 2. The normalized spacial score (nSPS) is 10.6. The van der Waals surface area contributed by atoms with E-state index < -0.39 is 0 Å². The summed E-state index contributed by atoms with van der Waals surface area (Å²) in [5.41, 5.74) is 1.61. The Bertz CT molecular complexity index is 786. The SMILES string of the molecule is CCCCc1cc(NC(=O)CC)n(C(=O)COc2ccc(Cl)cc2C)n1. The largest absolute Gasteiger partial charge is 0.483 e. The Morgan fingerprint density at radius 2 is 2.04 bits per heavy atom. The zero-order chi connectivity index (χ0) is 19.1. The summed E-state index contributed by atoms with van der Waals surface area (Å²) in [4.78, 5) is 24.3. The number of halogens is 1. The van der Waals surface area contributed by atoms with Crippen molar-refractivity contribution >= 4 is 29.2 Å². The zero-order valence-electron chi connectivity index (χ0n) is 15.3. The van der Waals surface area contributed by atoms with Crippen LogP contribution in [0.4, 0.5) is 5.82 Å². The molecule has 2 aromatic rings. The summed E-state index contributed by atoms with van der Waals surface area (Å²) in [5.74, 6) is 0.439. The predicted octanol–water partition coefficient (Wildman–Crippen LogP) is 4.26. The van der Waals surface area contributed by atoms with Crippen LogP contribution in [0.5, 0.6) is 5.75 Å². The van der Waals surface area contributed by atoms with Gasteiger partial charge in [-0.15, -0.1) is 0 Å². The number of hydrogen-bond acceptors (Lipinski definition) is 4. The van der Waals surface area contributed by atoms with Crippen molar-refractivity contribution in [1.82, 2.24) is 9.78 Å². The fourth-order valence-corrected chi connectivity index (χ4v) is 2.62. The molecule has 6 nitrogen and oxygen atoms in total. The summed E-state index contributed by atoms with van der Waals surface area (Å²) in [6.07, 6.45) is 3.07. The Kier molecular flexibility index (Phi) is 7.21. The summed E-state index contributed by atoms with van der Waals surface area (Å²) in [7, 11) is 0. The first-order chi connectivity index (χ1) is 12.4. The van der Waals surface area contributed by atoms with Crippen LogP contribution in [0.25, 0.3) is 0 Å². The average Bonchev–Trinajstić information content (AvgIpc) is 3.01. The maximum atomic E-state index is 12.6. The summed E-state index contributed by atoms with van der Waals surface area (Å²) in [5, 5.41) is 7.67. The maximum Gasteiger partial charge on any atom is 0.286 e. The van der Waals surface area contributed by atoms with Crippen LogP contribution in [0.1, 0.15) is 49.2 Å². The van der Waals surface area contributed by atoms with Crippen molar-refractivity contribution in [2.45, 2.75) is 46.5 Å². The molecule has 0 saturated carbocycles. The van der Waals surface area contributed by atoms with Gasteiger partial charge in [0.2, 0.25) is 5.91 Å². The van der Waals surface area contributed by atoms with Crippen molar-refractivity contribution in [3.63, 3.8) is 0 Å². The van der Waals surface area contributed by atoms with E-state index in [4.69, 9.17) is 16.3 Å². The number of benzene rings is 1. The summed E-state index contributed by atoms with van der Waals surface area (Å²) in [6, 6.07) is 6.94. The van der Waals surface area contributed by atoms with Gasteiger partial charge in [-0.05, 0) is 43.5 Å². The molecule has 0 bridgehead atoms. The standard InChI is InChI=1S/C19H24ClN3O3/c1-4-6-7-15-11-17(21-18(24)5-2)23(22-15)19(25)12-26-16-9-8-14(20)10-13(16)3/h8-11H,4-7,12H2,1-3H3,(H,21,24). The third-order valence-corrected chi connectivity index (χ3v) is 4.09. The Balaban J connectivity index is 2.14. The van der Waals surface area contributed by atoms with Gasteiger partial charge >= 0.3 is 0 Å². The highest BCUT2D eigenvalue weighted by Crippen LogP contribution is 2.22. The molecule has 0 aliphatic carbocycles. The lowest BCUT2D eigenvalue weighted by atomic mass is 10.2. The molecule has 0 spiro atoms. The highest BCUT2D eigenvalue weighted by molar-refractivity contribution is 6.30. The van der Waals surface area contributed by atoms with Crippen molar-refractivity contribution in [2.24, 2.45) is 0 Å². The van der Waals surface area contributed by atoms with Crippen molar-refractivity contribution in [3.05, 3.63) is 40.5 Å². The number of rotatable bonds is 8. The smallest absolute Gasteiger partial charge is 0.286 e. The molecule has 0 unspecified atom stereocenters. The maximum absolute atomic E-state index is 12.6. The molecule has 1 N–H and O–H groups in total. The molecule has 0 atom stereocenters. The van der Waals surface area contributed by atoms with Crippen LogP contribution in [0.3, 0.4) is 0 Å². The van der Waals surface area contributed by atoms with Gasteiger partial charge in [-0.2, -0.15) is 9.78 Å². The van der Waals surface area contributed by atoms with Crippen LogP contribution in [0, 0.1) is 6.92 Å². The molecule has 140 valence electrons. The predicted molar refractivity (Wildman–Crippen MR) is 102 cm³/mol. The fraction of sp³-hybridized carbons (Fsp3) is 0.421. The number of nitrogens with zero attached hydrogens (tertiary/aromatic N) is 2. The van der Waals surface area contributed by atoms with E-state index in [0.29, 0.717) is 23.0 Å². The minimum absolute atomic E-state index is 0.171. The van der Waals surface area contributed by atoms with Gasteiger partial charge < -0.3 is 10.1 Å². The number of carbonyl (C=O) groups excluding carboxylic acids is 2. The third kappa shape index (κ3) is 5.33. The quantitative estimate of drug-likeness (QED) is 0.746. The molecule has 0 fully saturated rings. The van der Waals surface area contributed by atoms with E-state index in [9.17, 15) is 9.59 Å². The van der Waals surface area contributed by atoms with E-state index in [0.717, 1.165) is 30.5 Å². The van der Waals surface area contributed by atoms with Gasteiger partial charge in [0.1, 0.15) is 11.6 Å². The minimum atomic E-state index is -0.353. The molecule has 0 radical (unpaired) electrons. The number of unbranched alkanes of at least 4 members (excludes halogenated alkanes) is 1. The highest BCUT2D eigenvalue weighted by atomic mass is 35.5. The van der Waals surface area contributed by atoms with Gasteiger partial charge in [-0.3, -0.25) is 9.59 Å². The molecule has 1 aromatic carbocycles. The molecule has 1 heterocycles. The number of anilines is 1. The molecule has 0 saturated heterocycles. The Morgan fingerprint density at radius 3 is 2.69 bits per heavy atom. The lowest BCUT2D eigenvalue weighted by molar-refractivity contribution is -0.115. The van der Waals surface area contributed by atoms with Crippen LogP contribution in [-0.4, -0.2) is 28.2 Å². The fourth-order valence-electron chi connectivity index (χ4n) is 2.40. The van der Waals surface area contributed by atoms with Crippen LogP contribution in [0.2, 0.25) is 5.02 Å². The lowest BCUT2D eigenvalue weighted by Gasteiger charge is -2.10. The van der Waals surface area contributed by atoms with Crippen LogP contribution in [0.15, 0.2) is 24.3 Å². The number of carbonyl (C=O) groups is 2. The van der Waals surface area contributed by atoms with E-state index in [-0.39, 0.29) is 18.4 Å². The van der Waals surface area contributed by atoms with Gasteiger partial charge in [0, 0.05) is 17.5 Å². The lowest BCUT2D eigenvalue weighted by Crippen LogP contribution is -2.24. The van der Waals surface area contributed by atoms with Gasteiger partial charge in [-0.25, -0.2) is 0 Å². The molecule has 1 aromatic heterocycles. The van der Waals surface area contributed by atoms with Gasteiger partial charge in [-0.1, -0.05) is 31.9 Å². The Hall–Kier alpha value is -2.34. The summed E-state index contributed by atoms with van der Waals surface area (Å²) in [6.45, 7) is 5.51. The molecule has 2 rings (SSSR count). The van der Waals surface area contributed by atoms with Gasteiger partial charge in [0.15, 0.2) is 6.61 Å². The first kappa shape index (κ1) is 20.0. The van der Waals surface area contributed by atoms with Crippen LogP contribution in [-0.2, 0) is 11.2 Å². The van der Waals surface area contributed by atoms with Crippen molar-refractivity contribution < 1.29 is 14.3 Å². The molecule has 26 heavy (non-hydrogen) atoms. The molecular formula is C19H24ClN3O3. The average molecular weight is 378 g/mol. The van der Waals surface area contributed by atoms with E-state index in [1.807, 2.05) is 6.92 Å². The second-order valence-corrected chi connectivity index (χ2v) is 6.47. The summed E-state index contributed by atoms with van der Waals surface area (Å²) >= 11 is 5.93. The third-order valence-electron chi connectivity index (χ3n) is 3.86. The van der Waals surface area contributed by atoms with E-state index in [1.54, 1.807) is 31.2 Å². The number of aromatic nitrogens is 2. The first-order valence-electron chi connectivity index (χ1n) is 8.75. The van der Waals surface area contributed by atoms with Crippen molar-refractivity contribution in [1.29, 1.82) is 0 Å².